The third-order valence-electron chi connectivity index (χ3n) is 3.35. The van der Waals surface area contributed by atoms with Gasteiger partial charge in [0.2, 0.25) is 5.91 Å². The van der Waals surface area contributed by atoms with E-state index in [-0.39, 0.29) is 11.8 Å². The van der Waals surface area contributed by atoms with Crippen molar-refractivity contribution in [3.05, 3.63) is 17.5 Å². The van der Waals surface area contributed by atoms with E-state index in [1.807, 2.05) is 18.7 Å². The summed E-state index contributed by atoms with van der Waals surface area (Å²) in [5, 5.41) is 3.74. The molecule has 1 fully saturated rings. The van der Waals surface area contributed by atoms with E-state index in [4.69, 9.17) is 4.52 Å². The zero-order chi connectivity index (χ0) is 14.7. The summed E-state index contributed by atoms with van der Waals surface area (Å²) in [5.41, 5.74) is 0.337. The van der Waals surface area contributed by atoms with Gasteiger partial charge in [0.05, 0.1) is 0 Å². The van der Waals surface area contributed by atoms with Gasteiger partial charge in [-0.1, -0.05) is 19.0 Å². The molecule has 20 heavy (non-hydrogen) atoms. The van der Waals surface area contributed by atoms with Crippen molar-refractivity contribution >= 4 is 11.8 Å². The lowest BCUT2D eigenvalue weighted by molar-refractivity contribution is -0.133. The Balaban J connectivity index is 1.88. The second-order valence-corrected chi connectivity index (χ2v) is 5.59. The number of amides is 2. The van der Waals surface area contributed by atoms with Crippen molar-refractivity contribution in [2.75, 3.05) is 26.2 Å². The van der Waals surface area contributed by atoms with Gasteiger partial charge in [-0.3, -0.25) is 9.59 Å². The molecule has 0 aliphatic carbocycles. The van der Waals surface area contributed by atoms with Crippen LogP contribution in [0.3, 0.4) is 0 Å². The van der Waals surface area contributed by atoms with Crippen LogP contribution < -0.4 is 0 Å². The number of hydrogen-bond donors (Lipinski definition) is 0. The van der Waals surface area contributed by atoms with Crippen molar-refractivity contribution in [3.63, 3.8) is 0 Å². The Morgan fingerprint density at radius 1 is 1.25 bits per heavy atom. The van der Waals surface area contributed by atoms with Crippen LogP contribution in [0.5, 0.6) is 0 Å². The predicted octanol–water partition coefficient (Wildman–Crippen LogP) is 1.31. The van der Waals surface area contributed by atoms with Gasteiger partial charge in [-0.2, -0.15) is 0 Å². The van der Waals surface area contributed by atoms with Gasteiger partial charge >= 0.3 is 0 Å². The third kappa shape index (κ3) is 3.37. The summed E-state index contributed by atoms with van der Waals surface area (Å²) in [6.45, 7) is 8.10. The van der Waals surface area contributed by atoms with Gasteiger partial charge in [0.1, 0.15) is 5.76 Å². The lowest BCUT2D eigenvalue weighted by atomic mass is 10.1. The van der Waals surface area contributed by atoms with Crippen LogP contribution in [-0.2, 0) is 4.79 Å². The first-order valence-corrected chi connectivity index (χ1v) is 6.97. The predicted molar refractivity (Wildman–Crippen MR) is 73.2 cm³/mol. The highest BCUT2D eigenvalue weighted by atomic mass is 16.5. The quantitative estimate of drug-likeness (QED) is 0.836. The number of aromatic nitrogens is 1. The van der Waals surface area contributed by atoms with E-state index in [0.717, 1.165) is 0 Å². The fraction of sp³-hybridized carbons (Fsp3) is 0.643. The Morgan fingerprint density at radius 2 is 1.85 bits per heavy atom. The van der Waals surface area contributed by atoms with Crippen molar-refractivity contribution in [2.24, 2.45) is 5.92 Å². The molecule has 0 spiro atoms. The SMILES string of the molecule is Cc1cc(C(=O)N2CCN(C(=O)CC(C)C)CC2)no1. The Morgan fingerprint density at radius 3 is 2.35 bits per heavy atom. The van der Waals surface area contributed by atoms with Gasteiger partial charge < -0.3 is 14.3 Å². The van der Waals surface area contributed by atoms with Crippen molar-refractivity contribution in [3.8, 4) is 0 Å². The Hall–Kier alpha value is -1.85. The van der Waals surface area contributed by atoms with Gasteiger partial charge in [-0.25, -0.2) is 0 Å². The minimum atomic E-state index is -0.127. The van der Waals surface area contributed by atoms with Gasteiger partial charge in [0.25, 0.3) is 5.91 Å². The summed E-state index contributed by atoms with van der Waals surface area (Å²) in [5.74, 6) is 1.03. The summed E-state index contributed by atoms with van der Waals surface area (Å²) >= 11 is 0. The molecule has 1 saturated heterocycles. The molecule has 0 unspecified atom stereocenters. The number of hydrogen-bond acceptors (Lipinski definition) is 4. The van der Waals surface area contributed by atoms with E-state index < -0.39 is 0 Å². The van der Waals surface area contributed by atoms with E-state index in [2.05, 4.69) is 5.16 Å². The normalized spacial score (nSPS) is 15.8. The zero-order valence-electron chi connectivity index (χ0n) is 12.3. The molecule has 1 aliphatic heterocycles. The second kappa shape index (κ2) is 6.07. The molecule has 1 aromatic heterocycles. The van der Waals surface area contributed by atoms with Crippen LogP contribution >= 0.6 is 0 Å². The molecular weight excluding hydrogens is 258 g/mol. The Kier molecular flexibility index (Phi) is 4.42. The molecule has 6 heteroatoms. The van der Waals surface area contributed by atoms with Gasteiger partial charge in [-0.15, -0.1) is 0 Å². The highest BCUT2D eigenvalue weighted by molar-refractivity contribution is 5.92. The van der Waals surface area contributed by atoms with E-state index in [1.54, 1.807) is 17.9 Å². The summed E-state index contributed by atoms with van der Waals surface area (Å²) in [4.78, 5) is 27.7. The smallest absolute Gasteiger partial charge is 0.276 e. The van der Waals surface area contributed by atoms with Crippen molar-refractivity contribution in [2.45, 2.75) is 27.2 Å². The summed E-state index contributed by atoms with van der Waals surface area (Å²) in [6, 6.07) is 1.64. The molecule has 0 aromatic carbocycles. The number of piperazine rings is 1. The van der Waals surface area contributed by atoms with Crippen LogP contribution in [0.15, 0.2) is 10.6 Å². The highest BCUT2D eigenvalue weighted by Crippen LogP contribution is 2.11. The molecule has 0 N–H and O–H groups in total. The number of rotatable bonds is 3. The summed E-state index contributed by atoms with van der Waals surface area (Å²) in [6.07, 6.45) is 0.566. The molecule has 0 bridgehead atoms. The second-order valence-electron chi connectivity index (χ2n) is 5.59. The molecule has 2 heterocycles. The molecule has 1 aliphatic rings. The maximum atomic E-state index is 12.2. The van der Waals surface area contributed by atoms with E-state index in [0.29, 0.717) is 50.0 Å². The lowest BCUT2D eigenvalue weighted by Gasteiger charge is -2.34. The molecular formula is C14H21N3O3. The van der Waals surface area contributed by atoms with Crippen molar-refractivity contribution in [1.29, 1.82) is 0 Å². The molecule has 0 radical (unpaired) electrons. The first-order valence-electron chi connectivity index (χ1n) is 6.97. The first-order chi connectivity index (χ1) is 9.47. The van der Waals surface area contributed by atoms with Crippen LogP contribution in [0, 0.1) is 12.8 Å². The molecule has 0 saturated carbocycles. The van der Waals surface area contributed by atoms with Crippen LogP contribution in [-0.4, -0.2) is 52.9 Å². The minimum Gasteiger partial charge on any atom is -0.361 e. The monoisotopic (exact) mass is 279 g/mol. The van der Waals surface area contributed by atoms with Crippen LogP contribution in [0.1, 0.15) is 36.5 Å². The van der Waals surface area contributed by atoms with E-state index in [9.17, 15) is 9.59 Å². The van der Waals surface area contributed by atoms with Crippen LogP contribution in [0.4, 0.5) is 0 Å². The summed E-state index contributed by atoms with van der Waals surface area (Å²) in [7, 11) is 0. The Bertz CT molecular complexity index is 488. The maximum Gasteiger partial charge on any atom is 0.276 e. The summed E-state index contributed by atoms with van der Waals surface area (Å²) < 4.78 is 4.92. The fourth-order valence-corrected chi connectivity index (χ4v) is 2.27. The first kappa shape index (κ1) is 14.6. The van der Waals surface area contributed by atoms with Gasteiger partial charge in [0, 0.05) is 38.7 Å². The number of aryl methyl sites for hydroxylation is 1. The molecule has 1 aromatic rings. The molecule has 2 amide bonds. The number of carbonyl (C=O) groups excluding carboxylic acids is 2. The molecule has 110 valence electrons. The largest absolute Gasteiger partial charge is 0.361 e. The number of nitrogens with zero attached hydrogens (tertiary/aromatic N) is 3. The molecule has 6 nitrogen and oxygen atoms in total. The van der Waals surface area contributed by atoms with E-state index >= 15 is 0 Å². The highest BCUT2D eigenvalue weighted by Gasteiger charge is 2.26. The van der Waals surface area contributed by atoms with E-state index in [1.165, 1.54) is 0 Å². The van der Waals surface area contributed by atoms with Crippen LogP contribution in [0.2, 0.25) is 0 Å². The Labute approximate surface area is 118 Å². The zero-order valence-corrected chi connectivity index (χ0v) is 12.3. The maximum absolute atomic E-state index is 12.2. The van der Waals surface area contributed by atoms with Crippen molar-refractivity contribution in [1.82, 2.24) is 15.0 Å². The topological polar surface area (TPSA) is 66.7 Å². The fourth-order valence-electron chi connectivity index (χ4n) is 2.27. The third-order valence-corrected chi connectivity index (χ3v) is 3.35. The lowest BCUT2D eigenvalue weighted by Crippen LogP contribution is -2.50. The average molecular weight is 279 g/mol. The van der Waals surface area contributed by atoms with Crippen LogP contribution in [0.25, 0.3) is 0 Å². The average Bonchev–Trinajstić information content (AvgIpc) is 2.84. The number of carbonyl (C=O) groups is 2. The van der Waals surface area contributed by atoms with Gasteiger partial charge in [-0.05, 0) is 12.8 Å². The molecule has 2 rings (SSSR count). The molecule has 0 atom stereocenters. The standard InChI is InChI=1S/C14H21N3O3/c1-10(2)8-13(18)16-4-6-17(7-5-16)14(19)12-9-11(3)20-15-12/h9-10H,4-8H2,1-3H3. The van der Waals surface area contributed by atoms with Crippen molar-refractivity contribution < 1.29 is 14.1 Å². The van der Waals surface area contributed by atoms with Gasteiger partial charge in [0.15, 0.2) is 5.69 Å². The minimum absolute atomic E-state index is 0.127.